The summed E-state index contributed by atoms with van der Waals surface area (Å²) in [7, 11) is 0. The molecule has 2 aliphatic rings. The molecule has 1 atom stereocenters. The first-order valence-electron chi connectivity index (χ1n) is 9.19. The number of carbonyl (C=O) groups excluding carboxylic acids is 1. The van der Waals surface area contributed by atoms with Crippen molar-refractivity contribution in [1.29, 1.82) is 5.26 Å². The molecular weight excluding hydrogens is 352 g/mol. The Kier molecular flexibility index (Phi) is 4.28. The third kappa shape index (κ3) is 3.13. The molecule has 1 N–H and O–H groups in total. The largest absolute Gasteiger partial charge is 0.361 e. The predicted molar refractivity (Wildman–Crippen MR) is 109 cm³/mol. The standard InChI is InChI=1S/C23H22N2OS/c1-14-16(13-24)21(22-17(25-14)11-23(2,3)12-18(22)26)20-10-9-19(27-20)15-7-5-4-6-8-15/h4-10,21,25H,11-12H2,1-3H3/t21-/m0/s1. The fourth-order valence-corrected chi connectivity index (χ4v) is 5.27. The summed E-state index contributed by atoms with van der Waals surface area (Å²) in [5.41, 5.74) is 4.41. The number of nitriles is 1. The number of nitrogens with zero attached hydrogens (tertiary/aromatic N) is 1. The highest BCUT2D eigenvalue weighted by atomic mass is 32.1. The normalized spacial score (nSPS) is 21.6. The number of carbonyl (C=O) groups is 1. The Morgan fingerprint density at radius 1 is 1.15 bits per heavy atom. The van der Waals surface area contributed by atoms with Crippen LogP contribution in [0.4, 0.5) is 0 Å². The Balaban J connectivity index is 1.83. The molecule has 0 unspecified atom stereocenters. The summed E-state index contributed by atoms with van der Waals surface area (Å²) in [6.45, 7) is 6.19. The lowest BCUT2D eigenvalue weighted by Gasteiger charge is -2.38. The lowest BCUT2D eigenvalue weighted by Crippen LogP contribution is -2.36. The number of nitrogens with one attached hydrogen (secondary N) is 1. The van der Waals surface area contributed by atoms with E-state index in [2.05, 4.69) is 49.5 Å². The number of ketones is 1. The molecule has 0 saturated carbocycles. The summed E-state index contributed by atoms with van der Waals surface area (Å²) in [6.07, 6.45) is 1.36. The van der Waals surface area contributed by atoms with Crippen LogP contribution in [0.25, 0.3) is 10.4 Å². The van der Waals surface area contributed by atoms with E-state index in [1.165, 1.54) is 0 Å². The van der Waals surface area contributed by atoms with Crippen molar-refractivity contribution >= 4 is 17.1 Å². The molecule has 1 aromatic carbocycles. The van der Waals surface area contributed by atoms with E-state index in [1.54, 1.807) is 11.3 Å². The van der Waals surface area contributed by atoms with Gasteiger partial charge in [0.25, 0.3) is 0 Å². The van der Waals surface area contributed by atoms with Crippen molar-refractivity contribution in [3.63, 3.8) is 0 Å². The summed E-state index contributed by atoms with van der Waals surface area (Å²) in [5, 5.41) is 13.2. The van der Waals surface area contributed by atoms with E-state index in [0.29, 0.717) is 12.0 Å². The first-order valence-corrected chi connectivity index (χ1v) is 10.0. The Morgan fingerprint density at radius 2 is 1.89 bits per heavy atom. The maximum absolute atomic E-state index is 13.0. The number of dihydropyridines is 1. The van der Waals surface area contributed by atoms with Gasteiger partial charge in [-0.25, -0.2) is 0 Å². The van der Waals surface area contributed by atoms with Crippen LogP contribution in [0.15, 0.2) is 65.0 Å². The molecular formula is C23H22N2OS. The van der Waals surface area contributed by atoms with Crippen LogP contribution in [-0.2, 0) is 4.79 Å². The highest BCUT2D eigenvalue weighted by Crippen LogP contribution is 2.48. The zero-order valence-corrected chi connectivity index (χ0v) is 16.6. The van der Waals surface area contributed by atoms with Gasteiger partial charge >= 0.3 is 0 Å². The second-order valence-electron chi connectivity index (χ2n) is 8.11. The average molecular weight is 375 g/mol. The van der Waals surface area contributed by atoms with E-state index >= 15 is 0 Å². The minimum Gasteiger partial charge on any atom is -0.361 e. The fourth-order valence-electron chi connectivity index (χ4n) is 4.13. The molecule has 2 aromatic rings. The van der Waals surface area contributed by atoms with Crippen LogP contribution in [0.2, 0.25) is 0 Å². The lowest BCUT2D eigenvalue weighted by molar-refractivity contribution is -0.118. The second-order valence-corrected chi connectivity index (χ2v) is 9.23. The van der Waals surface area contributed by atoms with Crippen LogP contribution < -0.4 is 5.32 Å². The number of rotatable bonds is 2. The van der Waals surface area contributed by atoms with Crippen LogP contribution in [-0.4, -0.2) is 5.78 Å². The van der Waals surface area contributed by atoms with Gasteiger partial charge < -0.3 is 5.32 Å². The molecule has 1 aromatic heterocycles. The molecule has 3 nitrogen and oxygen atoms in total. The lowest BCUT2D eigenvalue weighted by atomic mass is 9.70. The summed E-state index contributed by atoms with van der Waals surface area (Å²) in [6, 6.07) is 16.8. The van der Waals surface area contributed by atoms with Gasteiger partial charge in [-0.2, -0.15) is 5.26 Å². The summed E-state index contributed by atoms with van der Waals surface area (Å²) in [4.78, 5) is 15.3. The topological polar surface area (TPSA) is 52.9 Å². The highest BCUT2D eigenvalue weighted by molar-refractivity contribution is 7.15. The van der Waals surface area contributed by atoms with Crippen molar-refractivity contribution in [3.05, 3.63) is 69.9 Å². The highest BCUT2D eigenvalue weighted by Gasteiger charge is 2.41. The molecule has 4 heteroatoms. The molecule has 27 heavy (non-hydrogen) atoms. The molecule has 0 radical (unpaired) electrons. The van der Waals surface area contributed by atoms with Crippen LogP contribution in [0.5, 0.6) is 0 Å². The first-order chi connectivity index (χ1) is 12.9. The average Bonchev–Trinajstić information content (AvgIpc) is 3.10. The van der Waals surface area contributed by atoms with Gasteiger partial charge in [0.05, 0.1) is 17.6 Å². The molecule has 0 saturated heterocycles. The van der Waals surface area contributed by atoms with Gasteiger partial charge in [0.15, 0.2) is 5.78 Å². The molecule has 0 fully saturated rings. The molecule has 4 rings (SSSR count). The Morgan fingerprint density at radius 3 is 2.59 bits per heavy atom. The summed E-state index contributed by atoms with van der Waals surface area (Å²) >= 11 is 1.67. The van der Waals surface area contributed by atoms with E-state index in [0.717, 1.165) is 38.7 Å². The Bertz CT molecular complexity index is 1020. The van der Waals surface area contributed by atoms with E-state index in [4.69, 9.17) is 0 Å². The Labute approximate surface area is 164 Å². The van der Waals surface area contributed by atoms with Crippen molar-refractivity contribution in [3.8, 4) is 16.5 Å². The van der Waals surface area contributed by atoms with Gasteiger partial charge in [0.1, 0.15) is 0 Å². The van der Waals surface area contributed by atoms with Gasteiger partial charge in [-0.1, -0.05) is 44.2 Å². The van der Waals surface area contributed by atoms with Crippen molar-refractivity contribution in [2.45, 2.75) is 39.5 Å². The number of hydrogen-bond donors (Lipinski definition) is 1. The number of benzene rings is 1. The minimum absolute atomic E-state index is 0.0530. The molecule has 136 valence electrons. The van der Waals surface area contributed by atoms with Gasteiger partial charge in [-0.05, 0) is 36.5 Å². The van der Waals surface area contributed by atoms with E-state index in [-0.39, 0.29) is 17.1 Å². The third-order valence-corrected chi connectivity index (χ3v) is 6.53. The molecule has 1 aliphatic heterocycles. The monoisotopic (exact) mass is 374 g/mol. The maximum Gasteiger partial charge on any atom is 0.162 e. The van der Waals surface area contributed by atoms with Crippen molar-refractivity contribution < 1.29 is 4.79 Å². The fraction of sp³-hybridized carbons (Fsp3) is 0.304. The van der Waals surface area contributed by atoms with Gasteiger partial charge in [-0.3, -0.25) is 4.79 Å². The van der Waals surface area contributed by atoms with Crippen LogP contribution in [0, 0.1) is 16.7 Å². The minimum atomic E-state index is -0.252. The van der Waals surface area contributed by atoms with Crippen molar-refractivity contribution in [2.75, 3.05) is 0 Å². The Hall–Kier alpha value is -2.64. The van der Waals surface area contributed by atoms with Gasteiger partial charge in [-0.15, -0.1) is 11.3 Å². The maximum atomic E-state index is 13.0. The zero-order valence-electron chi connectivity index (χ0n) is 15.8. The van der Waals surface area contributed by atoms with E-state index in [9.17, 15) is 10.1 Å². The number of allylic oxidation sites excluding steroid dienone is 4. The van der Waals surface area contributed by atoms with E-state index in [1.807, 2.05) is 25.1 Å². The van der Waals surface area contributed by atoms with Crippen molar-refractivity contribution in [2.24, 2.45) is 5.41 Å². The van der Waals surface area contributed by atoms with E-state index < -0.39 is 0 Å². The molecule has 0 spiro atoms. The number of thiophene rings is 1. The zero-order chi connectivity index (χ0) is 19.2. The van der Waals surface area contributed by atoms with Gasteiger partial charge in [0.2, 0.25) is 0 Å². The smallest absolute Gasteiger partial charge is 0.162 e. The summed E-state index contributed by atoms with van der Waals surface area (Å²) in [5.74, 6) is -0.0917. The number of Topliss-reactive ketones (excluding diaryl/α,β-unsaturated/α-hetero) is 1. The molecule has 2 heterocycles. The van der Waals surface area contributed by atoms with Crippen LogP contribution >= 0.6 is 11.3 Å². The number of hydrogen-bond acceptors (Lipinski definition) is 4. The second kappa shape index (κ2) is 6.51. The SMILES string of the molecule is CC1=C(C#N)[C@@H](c2ccc(-c3ccccc3)s2)C2=C(CC(C)(C)CC2=O)N1. The van der Waals surface area contributed by atoms with Crippen LogP contribution in [0.3, 0.4) is 0 Å². The molecule has 0 bridgehead atoms. The first kappa shape index (κ1) is 17.8. The van der Waals surface area contributed by atoms with Crippen LogP contribution in [0.1, 0.15) is 44.4 Å². The van der Waals surface area contributed by atoms with Crippen molar-refractivity contribution in [1.82, 2.24) is 5.32 Å². The van der Waals surface area contributed by atoms with Gasteiger partial charge in [0, 0.05) is 33.1 Å². The molecule has 1 aliphatic carbocycles. The summed E-state index contributed by atoms with van der Waals surface area (Å²) < 4.78 is 0. The molecule has 0 amide bonds. The third-order valence-electron chi connectivity index (χ3n) is 5.33. The quantitative estimate of drug-likeness (QED) is 0.750. The predicted octanol–water partition coefficient (Wildman–Crippen LogP) is 5.54.